The van der Waals surface area contributed by atoms with Crippen molar-refractivity contribution in [1.29, 1.82) is 0 Å². The maximum Gasteiger partial charge on any atom is 0.339 e. The Kier molecular flexibility index (Phi) is 5.60. The average Bonchev–Trinajstić information content (AvgIpc) is 3.04. The number of carbonyl (C=O) groups excluding carboxylic acids is 1. The molecule has 2 heterocycles. The maximum absolute atomic E-state index is 13.1. The summed E-state index contributed by atoms with van der Waals surface area (Å²) in [5, 5.41) is 12.6. The van der Waals surface area contributed by atoms with E-state index in [0.717, 1.165) is 73.7 Å². The summed E-state index contributed by atoms with van der Waals surface area (Å²) >= 11 is 0. The van der Waals surface area contributed by atoms with Crippen LogP contribution in [0.25, 0.3) is 10.9 Å². The first-order valence-electron chi connectivity index (χ1n) is 10.1. The molecular weight excluding hydrogens is 354 g/mol. The van der Waals surface area contributed by atoms with Gasteiger partial charge >= 0.3 is 5.97 Å². The molecule has 0 amide bonds. The molecule has 2 aromatic heterocycles. The first-order chi connectivity index (χ1) is 13.8. The lowest BCUT2D eigenvalue weighted by molar-refractivity contribution is 0.0457. The number of benzene rings is 1. The number of para-hydroxylation sites is 1. The third-order valence-electron chi connectivity index (χ3n) is 5.29. The minimum Gasteiger partial charge on any atom is -0.454 e. The van der Waals surface area contributed by atoms with Crippen LogP contribution in [0.4, 0.5) is 0 Å². The van der Waals surface area contributed by atoms with Gasteiger partial charge < -0.3 is 4.74 Å². The molecule has 0 fully saturated rings. The molecule has 146 valence electrons. The first-order valence-corrected chi connectivity index (χ1v) is 10.1. The van der Waals surface area contributed by atoms with Gasteiger partial charge in [0.2, 0.25) is 0 Å². The summed E-state index contributed by atoms with van der Waals surface area (Å²) < 4.78 is 7.39. The molecule has 0 bridgehead atoms. The largest absolute Gasteiger partial charge is 0.454 e. The van der Waals surface area contributed by atoms with Crippen LogP contribution < -0.4 is 0 Å². The van der Waals surface area contributed by atoms with Crippen molar-refractivity contribution in [3.63, 3.8) is 0 Å². The summed E-state index contributed by atoms with van der Waals surface area (Å²) in [6, 6.07) is 7.81. The van der Waals surface area contributed by atoms with Gasteiger partial charge in [-0.25, -0.2) is 9.48 Å². The van der Waals surface area contributed by atoms with E-state index >= 15 is 0 Å². The van der Waals surface area contributed by atoms with E-state index in [-0.39, 0.29) is 12.6 Å². The Morgan fingerprint density at radius 3 is 2.93 bits per heavy atom. The highest BCUT2D eigenvalue weighted by molar-refractivity contribution is 6.05. The number of fused-ring (bicyclic) bond motifs is 2. The van der Waals surface area contributed by atoms with Crippen molar-refractivity contribution in [1.82, 2.24) is 25.2 Å². The number of unbranched alkanes of at least 4 members (excludes halogenated alkanes) is 1. The van der Waals surface area contributed by atoms with Gasteiger partial charge in [0.25, 0.3) is 0 Å². The summed E-state index contributed by atoms with van der Waals surface area (Å²) in [7, 11) is 0. The van der Waals surface area contributed by atoms with E-state index in [1.165, 1.54) is 0 Å². The Morgan fingerprint density at radius 2 is 2.04 bits per heavy atom. The molecule has 7 nitrogen and oxygen atoms in total. The summed E-state index contributed by atoms with van der Waals surface area (Å²) in [5.74, 6) is 0.257. The average molecular weight is 379 g/mol. The molecule has 0 aliphatic heterocycles. The van der Waals surface area contributed by atoms with Crippen LogP contribution in [-0.4, -0.2) is 31.2 Å². The molecule has 0 N–H and O–H groups in total. The van der Waals surface area contributed by atoms with Crippen molar-refractivity contribution in [3.05, 3.63) is 46.9 Å². The third-order valence-corrected chi connectivity index (χ3v) is 5.29. The van der Waals surface area contributed by atoms with Crippen molar-refractivity contribution in [2.75, 3.05) is 0 Å². The van der Waals surface area contributed by atoms with Crippen LogP contribution in [0.15, 0.2) is 24.3 Å². The number of carbonyl (C=O) groups is 1. The molecule has 4 rings (SSSR count). The number of hydrogen-bond donors (Lipinski definition) is 0. The minimum atomic E-state index is -0.318. The Bertz CT molecular complexity index is 982. The van der Waals surface area contributed by atoms with E-state index in [2.05, 4.69) is 22.4 Å². The monoisotopic (exact) mass is 379 g/mol. The van der Waals surface area contributed by atoms with Gasteiger partial charge in [0.15, 0.2) is 12.4 Å². The van der Waals surface area contributed by atoms with Crippen LogP contribution in [0.1, 0.15) is 66.5 Å². The second-order valence-corrected chi connectivity index (χ2v) is 7.24. The van der Waals surface area contributed by atoms with Gasteiger partial charge in [0.05, 0.1) is 11.1 Å². The highest BCUT2D eigenvalue weighted by atomic mass is 16.5. The topological polar surface area (TPSA) is 82.8 Å². The predicted molar refractivity (Wildman–Crippen MR) is 105 cm³/mol. The molecule has 28 heavy (non-hydrogen) atoms. The number of rotatable bonds is 6. The quantitative estimate of drug-likeness (QED) is 0.480. The molecule has 1 aliphatic carbocycles. The first kappa shape index (κ1) is 18.5. The number of pyridine rings is 1. The number of aromatic nitrogens is 5. The lowest BCUT2D eigenvalue weighted by Gasteiger charge is -2.14. The summed E-state index contributed by atoms with van der Waals surface area (Å²) in [5.41, 5.74) is 3.60. The highest BCUT2D eigenvalue weighted by Crippen LogP contribution is 2.29. The molecule has 0 saturated carbocycles. The normalized spacial score (nSPS) is 13.9. The summed E-state index contributed by atoms with van der Waals surface area (Å²) in [6.07, 6.45) is 7.15. The lowest BCUT2D eigenvalue weighted by atomic mass is 9.97. The molecule has 3 aromatic rings. The van der Waals surface area contributed by atoms with Gasteiger partial charge in [-0.05, 0) is 54.2 Å². The fourth-order valence-corrected chi connectivity index (χ4v) is 3.79. The number of ether oxygens (including phenoxy) is 1. The Morgan fingerprint density at radius 1 is 1.18 bits per heavy atom. The molecule has 0 atom stereocenters. The minimum absolute atomic E-state index is 0.0704. The Labute approximate surface area is 164 Å². The second-order valence-electron chi connectivity index (χ2n) is 7.24. The Hall–Kier alpha value is -2.83. The zero-order chi connectivity index (χ0) is 19.3. The van der Waals surface area contributed by atoms with Crippen LogP contribution >= 0.6 is 0 Å². The highest BCUT2D eigenvalue weighted by Gasteiger charge is 2.23. The lowest BCUT2D eigenvalue weighted by Crippen LogP contribution is -2.14. The van der Waals surface area contributed by atoms with E-state index in [4.69, 9.17) is 9.72 Å². The van der Waals surface area contributed by atoms with Gasteiger partial charge in [-0.2, -0.15) is 0 Å². The standard InChI is InChI=1S/C21H25N5O2/c1-2-3-13-26-19(23-24-25-26)14-28-21(27)20-15-9-5-4-6-11-17(15)22-18-12-8-7-10-16(18)20/h7-8,10,12H,2-6,9,11,13-14H2,1H3. The van der Waals surface area contributed by atoms with Gasteiger partial charge in [0, 0.05) is 17.6 Å². The van der Waals surface area contributed by atoms with Crippen LogP contribution in [-0.2, 0) is 30.7 Å². The number of nitrogens with zero attached hydrogens (tertiary/aromatic N) is 5. The summed E-state index contributed by atoms with van der Waals surface area (Å²) in [6.45, 7) is 2.91. The van der Waals surface area contributed by atoms with Crippen molar-refractivity contribution < 1.29 is 9.53 Å². The molecule has 1 aromatic carbocycles. The van der Waals surface area contributed by atoms with Gasteiger partial charge in [-0.15, -0.1) is 5.10 Å². The zero-order valence-electron chi connectivity index (χ0n) is 16.2. The van der Waals surface area contributed by atoms with Crippen molar-refractivity contribution >= 4 is 16.9 Å². The van der Waals surface area contributed by atoms with E-state index < -0.39 is 0 Å². The molecule has 0 unspecified atom stereocenters. The zero-order valence-corrected chi connectivity index (χ0v) is 16.2. The third kappa shape index (κ3) is 3.74. The van der Waals surface area contributed by atoms with E-state index in [1.54, 1.807) is 4.68 Å². The van der Waals surface area contributed by atoms with Crippen LogP contribution in [0.3, 0.4) is 0 Å². The number of hydrogen-bond acceptors (Lipinski definition) is 6. The van der Waals surface area contributed by atoms with Crippen molar-refractivity contribution in [2.24, 2.45) is 0 Å². The molecule has 0 saturated heterocycles. The van der Waals surface area contributed by atoms with E-state index in [1.807, 2.05) is 24.3 Å². The van der Waals surface area contributed by atoms with Crippen molar-refractivity contribution in [2.45, 2.75) is 65.0 Å². The van der Waals surface area contributed by atoms with Crippen LogP contribution in [0, 0.1) is 0 Å². The van der Waals surface area contributed by atoms with Crippen LogP contribution in [0.5, 0.6) is 0 Å². The number of aryl methyl sites for hydroxylation is 2. The second kappa shape index (κ2) is 8.46. The fraction of sp³-hybridized carbons (Fsp3) is 0.476. The maximum atomic E-state index is 13.1. The van der Waals surface area contributed by atoms with Crippen LogP contribution in [0.2, 0.25) is 0 Å². The molecule has 7 heteroatoms. The van der Waals surface area contributed by atoms with Gasteiger partial charge in [-0.1, -0.05) is 38.0 Å². The molecular formula is C21H25N5O2. The molecule has 0 spiro atoms. The fourth-order valence-electron chi connectivity index (χ4n) is 3.79. The van der Waals surface area contributed by atoms with Gasteiger partial charge in [-0.3, -0.25) is 4.98 Å². The van der Waals surface area contributed by atoms with E-state index in [9.17, 15) is 4.79 Å². The molecule has 0 radical (unpaired) electrons. The van der Waals surface area contributed by atoms with Crippen molar-refractivity contribution in [3.8, 4) is 0 Å². The Balaban J connectivity index is 1.64. The van der Waals surface area contributed by atoms with Gasteiger partial charge in [0.1, 0.15) is 0 Å². The SMILES string of the molecule is CCCCn1nnnc1COC(=O)c1c2c(nc3ccccc13)CCCCC2. The summed E-state index contributed by atoms with van der Waals surface area (Å²) in [4.78, 5) is 18.0. The number of esters is 1. The molecule has 1 aliphatic rings. The predicted octanol–water partition coefficient (Wildman–Crippen LogP) is 3.65. The smallest absolute Gasteiger partial charge is 0.339 e. The van der Waals surface area contributed by atoms with E-state index in [0.29, 0.717) is 11.4 Å². The number of tetrazole rings is 1.